The van der Waals surface area contributed by atoms with E-state index in [9.17, 15) is 0 Å². The number of hydrogen-bond acceptors (Lipinski definition) is 3. The molecule has 1 aliphatic heterocycles. The molecule has 2 N–H and O–H groups in total. The van der Waals surface area contributed by atoms with E-state index < -0.39 is 0 Å². The van der Waals surface area contributed by atoms with Crippen LogP contribution in [0.3, 0.4) is 0 Å². The predicted octanol–water partition coefficient (Wildman–Crippen LogP) is 1.53. The third kappa shape index (κ3) is 4.40. The summed E-state index contributed by atoms with van der Waals surface area (Å²) in [5.41, 5.74) is 5.55. The Morgan fingerprint density at radius 3 is 2.44 bits per heavy atom. The van der Waals surface area contributed by atoms with Crippen LogP contribution in [0, 0.1) is 0 Å². The summed E-state index contributed by atoms with van der Waals surface area (Å²) < 4.78 is 0. The first-order valence-corrected chi connectivity index (χ1v) is 6.98. The van der Waals surface area contributed by atoms with Crippen LogP contribution in [0.1, 0.15) is 39.5 Å². The van der Waals surface area contributed by atoms with E-state index in [0.717, 1.165) is 19.0 Å². The Morgan fingerprint density at radius 1 is 1.25 bits per heavy atom. The van der Waals surface area contributed by atoms with E-state index >= 15 is 0 Å². The molecular weight excluding hydrogens is 198 g/mol. The van der Waals surface area contributed by atoms with Gasteiger partial charge in [0.2, 0.25) is 0 Å². The Morgan fingerprint density at radius 2 is 1.94 bits per heavy atom. The Bertz CT molecular complexity index is 165. The van der Waals surface area contributed by atoms with Crippen molar-refractivity contribution in [3.63, 3.8) is 0 Å². The summed E-state index contributed by atoms with van der Waals surface area (Å²) in [6.07, 6.45) is 5.12. The highest BCUT2D eigenvalue weighted by Gasteiger charge is 2.22. The van der Waals surface area contributed by atoms with Crippen molar-refractivity contribution in [1.82, 2.24) is 9.80 Å². The molecule has 0 bridgehead atoms. The first kappa shape index (κ1) is 13.9. The van der Waals surface area contributed by atoms with Gasteiger partial charge in [0.25, 0.3) is 0 Å². The lowest BCUT2D eigenvalue weighted by molar-refractivity contribution is 0.112. The second kappa shape index (κ2) is 8.04. The topological polar surface area (TPSA) is 32.5 Å². The SMILES string of the molecule is CCCN(CC)C1CCN(CCCN)CC1. The van der Waals surface area contributed by atoms with Gasteiger partial charge in [-0.2, -0.15) is 0 Å². The van der Waals surface area contributed by atoms with Crippen molar-refractivity contribution in [2.75, 3.05) is 39.3 Å². The smallest absolute Gasteiger partial charge is 0.0119 e. The van der Waals surface area contributed by atoms with Gasteiger partial charge in [-0.15, -0.1) is 0 Å². The minimum atomic E-state index is 0.830. The maximum Gasteiger partial charge on any atom is 0.0119 e. The quantitative estimate of drug-likeness (QED) is 0.716. The third-order valence-electron chi connectivity index (χ3n) is 3.67. The molecule has 1 aliphatic rings. The summed E-state index contributed by atoms with van der Waals surface area (Å²) >= 11 is 0. The molecule has 0 aromatic rings. The predicted molar refractivity (Wildman–Crippen MR) is 70.7 cm³/mol. The average Bonchev–Trinajstić information content (AvgIpc) is 2.34. The molecule has 3 nitrogen and oxygen atoms in total. The molecule has 0 aromatic heterocycles. The molecule has 0 amide bonds. The van der Waals surface area contributed by atoms with Crippen LogP contribution >= 0.6 is 0 Å². The van der Waals surface area contributed by atoms with Crippen LogP contribution in [0.4, 0.5) is 0 Å². The molecule has 1 heterocycles. The molecule has 0 aliphatic carbocycles. The van der Waals surface area contributed by atoms with E-state index in [1.165, 1.54) is 52.0 Å². The van der Waals surface area contributed by atoms with E-state index in [2.05, 4.69) is 23.6 Å². The minimum absolute atomic E-state index is 0.830. The van der Waals surface area contributed by atoms with Crippen LogP contribution in [0.2, 0.25) is 0 Å². The normalized spacial score (nSPS) is 19.5. The van der Waals surface area contributed by atoms with Crippen LogP contribution in [0.5, 0.6) is 0 Å². The number of nitrogens with zero attached hydrogens (tertiary/aromatic N) is 2. The van der Waals surface area contributed by atoms with Crippen LogP contribution < -0.4 is 5.73 Å². The zero-order valence-corrected chi connectivity index (χ0v) is 11.1. The Balaban J connectivity index is 2.24. The van der Waals surface area contributed by atoms with Crippen molar-refractivity contribution >= 4 is 0 Å². The lowest BCUT2D eigenvalue weighted by Gasteiger charge is -2.38. The second-order valence-corrected chi connectivity index (χ2v) is 4.84. The molecule has 1 fully saturated rings. The minimum Gasteiger partial charge on any atom is -0.330 e. The number of hydrogen-bond donors (Lipinski definition) is 1. The van der Waals surface area contributed by atoms with Gasteiger partial charge in [-0.05, 0) is 65.0 Å². The summed E-state index contributed by atoms with van der Waals surface area (Å²) in [5.74, 6) is 0. The second-order valence-electron chi connectivity index (χ2n) is 4.84. The van der Waals surface area contributed by atoms with Gasteiger partial charge in [0.05, 0.1) is 0 Å². The first-order chi connectivity index (χ1) is 7.81. The molecule has 1 rings (SSSR count). The maximum absolute atomic E-state index is 5.55. The van der Waals surface area contributed by atoms with Gasteiger partial charge in [0.15, 0.2) is 0 Å². The van der Waals surface area contributed by atoms with Gasteiger partial charge in [-0.25, -0.2) is 0 Å². The highest BCUT2D eigenvalue weighted by atomic mass is 15.2. The summed E-state index contributed by atoms with van der Waals surface area (Å²) in [4.78, 5) is 5.23. The Labute approximate surface area is 101 Å². The van der Waals surface area contributed by atoms with Crippen LogP contribution in [-0.4, -0.2) is 55.1 Å². The zero-order valence-electron chi connectivity index (χ0n) is 11.1. The molecule has 0 spiro atoms. The lowest BCUT2D eigenvalue weighted by atomic mass is 10.0. The summed E-state index contributed by atoms with van der Waals surface area (Å²) in [6.45, 7) is 11.6. The molecule has 0 aromatic carbocycles. The number of piperidine rings is 1. The maximum atomic E-state index is 5.55. The molecule has 96 valence electrons. The molecule has 1 saturated heterocycles. The van der Waals surface area contributed by atoms with E-state index in [0.29, 0.717) is 0 Å². The van der Waals surface area contributed by atoms with E-state index in [-0.39, 0.29) is 0 Å². The van der Waals surface area contributed by atoms with Gasteiger partial charge in [0, 0.05) is 6.04 Å². The Hall–Kier alpha value is -0.120. The molecular formula is C13H29N3. The third-order valence-corrected chi connectivity index (χ3v) is 3.67. The van der Waals surface area contributed by atoms with Crippen molar-refractivity contribution in [2.24, 2.45) is 5.73 Å². The molecule has 3 heteroatoms. The fourth-order valence-corrected chi connectivity index (χ4v) is 2.71. The van der Waals surface area contributed by atoms with Gasteiger partial charge >= 0.3 is 0 Å². The summed E-state index contributed by atoms with van der Waals surface area (Å²) in [5, 5.41) is 0. The molecule has 0 saturated carbocycles. The van der Waals surface area contributed by atoms with Crippen LogP contribution in [-0.2, 0) is 0 Å². The number of likely N-dealkylation sites (tertiary alicyclic amines) is 1. The van der Waals surface area contributed by atoms with Crippen LogP contribution in [0.15, 0.2) is 0 Å². The van der Waals surface area contributed by atoms with Gasteiger partial charge in [0.1, 0.15) is 0 Å². The molecule has 0 atom stereocenters. The standard InChI is InChI=1S/C13H29N3/c1-3-9-16(4-2)13-6-11-15(12-7-13)10-5-8-14/h13H,3-12,14H2,1-2H3. The van der Waals surface area contributed by atoms with E-state index in [1.54, 1.807) is 0 Å². The monoisotopic (exact) mass is 227 g/mol. The molecule has 0 radical (unpaired) electrons. The van der Waals surface area contributed by atoms with Gasteiger partial charge in [-0.3, -0.25) is 0 Å². The first-order valence-electron chi connectivity index (χ1n) is 6.98. The van der Waals surface area contributed by atoms with Crippen molar-refractivity contribution in [3.8, 4) is 0 Å². The number of rotatable bonds is 7. The van der Waals surface area contributed by atoms with E-state index in [4.69, 9.17) is 5.73 Å². The van der Waals surface area contributed by atoms with Gasteiger partial charge < -0.3 is 15.5 Å². The van der Waals surface area contributed by atoms with E-state index in [1.807, 2.05) is 0 Å². The summed E-state index contributed by atoms with van der Waals surface area (Å²) in [7, 11) is 0. The van der Waals surface area contributed by atoms with Crippen molar-refractivity contribution in [3.05, 3.63) is 0 Å². The zero-order chi connectivity index (χ0) is 11.8. The largest absolute Gasteiger partial charge is 0.330 e. The summed E-state index contributed by atoms with van der Waals surface area (Å²) in [6, 6.07) is 0.832. The van der Waals surface area contributed by atoms with Crippen molar-refractivity contribution in [1.29, 1.82) is 0 Å². The highest BCUT2D eigenvalue weighted by Crippen LogP contribution is 2.16. The fourth-order valence-electron chi connectivity index (χ4n) is 2.71. The van der Waals surface area contributed by atoms with Crippen molar-refractivity contribution in [2.45, 2.75) is 45.6 Å². The average molecular weight is 227 g/mol. The molecule has 0 unspecified atom stereocenters. The number of nitrogens with two attached hydrogens (primary N) is 1. The Kier molecular flexibility index (Phi) is 7.01. The van der Waals surface area contributed by atoms with Gasteiger partial charge in [-0.1, -0.05) is 13.8 Å². The van der Waals surface area contributed by atoms with Crippen molar-refractivity contribution < 1.29 is 0 Å². The molecule has 16 heavy (non-hydrogen) atoms. The lowest BCUT2D eigenvalue weighted by Crippen LogP contribution is -2.45. The van der Waals surface area contributed by atoms with Crippen LogP contribution in [0.25, 0.3) is 0 Å². The highest BCUT2D eigenvalue weighted by molar-refractivity contribution is 4.79. The fraction of sp³-hybridized carbons (Fsp3) is 1.00.